The Hall–Kier alpha value is -2.48. The molecular weight excluding hydrogens is 415 g/mol. The average Bonchev–Trinajstić information content (AvgIpc) is 3.12. The maximum atomic E-state index is 6.54. The van der Waals surface area contributed by atoms with Crippen LogP contribution in [0.25, 0.3) is 15.9 Å². The molecule has 0 spiro atoms. The highest BCUT2D eigenvalue weighted by atomic mass is 35.5. The summed E-state index contributed by atoms with van der Waals surface area (Å²) < 4.78 is 1.61. The second-order valence-electron chi connectivity index (χ2n) is 6.21. The van der Waals surface area contributed by atoms with E-state index in [1.54, 1.807) is 28.3 Å². The van der Waals surface area contributed by atoms with Crippen LogP contribution in [0.5, 0.6) is 0 Å². The molecule has 4 aromatic rings. The molecule has 142 valence electrons. The zero-order valence-electron chi connectivity index (χ0n) is 15.4. The molecule has 0 saturated carbocycles. The van der Waals surface area contributed by atoms with Crippen molar-refractivity contribution >= 4 is 56.8 Å². The number of aromatic nitrogens is 4. The van der Waals surface area contributed by atoms with Crippen LogP contribution in [-0.2, 0) is 0 Å². The highest BCUT2D eigenvalue weighted by molar-refractivity contribution is 7.18. The topological polar surface area (TPSA) is 68.0 Å². The summed E-state index contributed by atoms with van der Waals surface area (Å²) in [4.78, 5) is 10.8. The number of hydrogen-bond donors (Lipinski definition) is 1. The van der Waals surface area contributed by atoms with Crippen molar-refractivity contribution in [3.8, 4) is 5.69 Å². The zero-order valence-corrected chi connectivity index (χ0v) is 17.7. The predicted molar refractivity (Wildman–Crippen MR) is 116 cm³/mol. The number of halogens is 2. The highest BCUT2D eigenvalue weighted by Gasteiger charge is 2.15. The number of benzene rings is 1. The highest BCUT2D eigenvalue weighted by Crippen LogP contribution is 2.32. The summed E-state index contributed by atoms with van der Waals surface area (Å²) in [7, 11) is 0. The Bertz CT molecular complexity index is 1210. The fraction of sp³-hybridized carbons (Fsp3) is 0.158. The van der Waals surface area contributed by atoms with E-state index in [0.29, 0.717) is 27.2 Å². The molecule has 9 heteroatoms. The van der Waals surface area contributed by atoms with E-state index in [1.807, 2.05) is 25.1 Å². The molecule has 6 nitrogen and oxygen atoms in total. The number of rotatable bonds is 4. The molecule has 1 N–H and O–H groups in total. The van der Waals surface area contributed by atoms with E-state index in [-0.39, 0.29) is 0 Å². The maximum Gasteiger partial charge on any atom is 0.158 e. The van der Waals surface area contributed by atoms with Gasteiger partial charge in [-0.2, -0.15) is 10.2 Å². The van der Waals surface area contributed by atoms with Crippen LogP contribution >= 0.6 is 34.5 Å². The van der Waals surface area contributed by atoms with Crippen molar-refractivity contribution in [1.29, 1.82) is 0 Å². The van der Waals surface area contributed by atoms with Gasteiger partial charge in [-0.1, -0.05) is 35.3 Å². The van der Waals surface area contributed by atoms with E-state index in [4.69, 9.17) is 23.2 Å². The average molecular weight is 431 g/mol. The van der Waals surface area contributed by atoms with Gasteiger partial charge in [0.2, 0.25) is 0 Å². The van der Waals surface area contributed by atoms with Crippen LogP contribution in [0, 0.1) is 20.8 Å². The van der Waals surface area contributed by atoms with Gasteiger partial charge >= 0.3 is 0 Å². The Labute approximate surface area is 175 Å². The number of anilines is 1. The third-order valence-electron chi connectivity index (χ3n) is 4.46. The molecule has 3 aromatic heterocycles. The molecule has 0 amide bonds. The summed E-state index contributed by atoms with van der Waals surface area (Å²) >= 11 is 14.5. The smallest absolute Gasteiger partial charge is 0.158 e. The van der Waals surface area contributed by atoms with Crippen molar-refractivity contribution in [2.75, 3.05) is 5.43 Å². The van der Waals surface area contributed by atoms with Crippen LogP contribution in [0.1, 0.15) is 21.7 Å². The molecule has 0 atom stereocenters. The second kappa shape index (κ2) is 7.50. The number of hydrogen-bond acceptors (Lipinski definition) is 6. The first-order valence-electron chi connectivity index (χ1n) is 8.47. The fourth-order valence-corrected chi connectivity index (χ4v) is 4.39. The number of para-hydroxylation sites is 1. The number of fused-ring (bicyclic) bond motifs is 1. The SMILES string of the molecule is Cc1nn(-c2ccccc2Cl)c(Cl)c1/C=N/Nc1ncnc2sc(C)c(C)c12. The predicted octanol–water partition coefficient (Wildman–Crippen LogP) is 5.56. The Balaban J connectivity index is 1.66. The first-order valence-corrected chi connectivity index (χ1v) is 10.0. The lowest BCUT2D eigenvalue weighted by Crippen LogP contribution is -1.98. The lowest BCUT2D eigenvalue weighted by Gasteiger charge is -2.05. The van der Waals surface area contributed by atoms with Gasteiger partial charge in [0.15, 0.2) is 5.82 Å². The first kappa shape index (κ1) is 18.9. The normalized spacial score (nSPS) is 11.6. The summed E-state index contributed by atoms with van der Waals surface area (Å²) in [5.41, 5.74) is 6.32. The van der Waals surface area contributed by atoms with E-state index in [0.717, 1.165) is 21.5 Å². The lowest BCUT2D eigenvalue weighted by atomic mass is 10.2. The third kappa shape index (κ3) is 3.26. The summed E-state index contributed by atoms with van der Waals surface area (Å²) in [5.74, 6) is 0.662. The summed E-state index contributed by atoms with van der Waals surface area (Å²) in [6.45, 7) is 6.00. The fourth-order valence-electron chi connectivity index (χ4n) is 2.87. The van der Waals surface area contributed by atoms with E-state index in [2.05, 4.69) is 39.4 Å². The molecule has 0 fully saturated rings. The largest absolute Gasteiger partial charge is 0.261 e. The molecule has 0 radical (unpaired) electrons. The van der Waals surface area contributed by atoms with Crippen molar-refractivity contribution in [3.05, 3.63) is 62.5 Å². The lowest BCUT2D eigenvalue weighted by molar-refractivity contribution is 0.863. The Morgan fingerprint density at radius 3 is 2.71 bits per heavy atom. The number of nitrogens with zero attached hydrogens (tertiary/aromatic N) is 5. The van der Waals surface area contributed by atoms with Crippen LogP contribution in [0.3, 0.4) is 0 Å². The molecule has 4 rings (SSSR count). The summed E-state index contributed by atoms with van der Waals surface area (Å²) in [5, 5.41) is 10.8. The van der Waals surface area contributed by atoms with E-state index >= 15 is 0 Å². The van der Waals surface area contributed by atoms with Gasteiger partial charge in [0.25, 0.3) is 0 Å². The number of nitrogens with one attached hydrogen (secondary N) is 1. The van der Waals surface area contributed by atoms with Crippen LogP contribution in [-0.4, -0.2) is 26.0 Å². The Morgan fingerprint density at radius 1 is 1.14 bits per heavy atom. The Kier molecular flexibility index (Phi) is 5.05. The molecule has 0 aliphatic carbocycles. The van der Waals surface area contributed by atoms with Gasteiger partial charge in [0.1, 0.15) is 16.3 Å². The molecule has 3 heterocycles. The van der Waals surface area contributed by atoms with E-state index < -0.39 is 0 Å². The molecule has 0 unspecified atom stereocenters. The van der Waals surface area contributed by atoms with Gasteiger partial charge in [-0.3, -0.25) is 5.43 Å². The first-order chi connectivity index (χ1) is 13.5. The summed E-state index contributed by atoms with van der Waals surface area (Å²) in [6.07, 6.45) is 3.17. The van der Waals surface area contributed by atoms with Gasteiger partial charge in [0, 0.05) is 4.88 Å². The zero-order chi connectivity index (χ0) is 19.8. The van der Waals surface area contributed by atoms with Crippen LogP contribution in [0.2, 0.25) is 10.2 Å². The third-order valence-corrected chi connectivity index (χ3v) is 6.26. The van der Waals surface area contributed by atoms with Crippen molar-refractivity contribution in [3.63, 3.8) is 0 Å². The second-order valence-corrected chi connectivity index (χ2v) is 8.18. The van der Waals surface area contributed by atoms with Gasteiger partial charge in [-0.25, -0.2) is 14.6 Å². The summed E-state index contributed by atoms with van der Waals surface area (Å²) in [6, 6.07) is 7.40. The molecule has 0 saturated heterocycles. The molecule has 1 aromatic carbocycles. The molecule has 0 bridgehead atoms. The molecule has 28 heavy (non-hydrogen) atoms. The molecule has 0 aliphatic rings. The van der Waals surface area contributed by atoms with Crippen molar-refractivity contribution in [2.45, 2.75) is 20.8 Å². The van der Waals surface area contributed by atoms with E-state index in [9.17, 15) is 0 Å². The van der Waals surface area contributed by atoms with Gasteiger partial charge in [-0.05, 0) is 38.5 Å². The van der Waals surface area contributed by atoms with Gasteiger partial charge in [0.05, 0.1) is 33.6 Å². The molecule has 0 aliphatic heterocycles. The standard InChI is InChI=1S/C19H16Cl2N6S/c1-10-12(3)28-19-16(10)18(22-9-23-19)25-24-8-13-11(2)26-27(17(13)21)15-7-5-4-6-14(15)20/h4-9H,1-3H3,(H,22,23,25)/b24-8+. The minimum atomic E-state index is 0.437. The Morgan fingerprint density at radius 2 is 1.93 bits per heavy atom. The van der Waals surface area contributed by atoms with E-state index in [1.165, 1.54) is 11.2 Å². The minimum Gasteiger partial charge on any atom is -0.261 e. The maximum absolute atomic E-state index is 6.54. The number of thiophene rings is 1. The van der Waals surface area contributed by atoms with Crippen molar-refractivity contribution in [1.82, 2.24) is 19.7 Å². The van der Waals surface area contributed by atoms with Gasteiger partial charge < -0.3 is 0 Å². The number of hydrazone groups is 1. The van der Waals surface area contributed by atoms with Crippen LogP contribution < -0.4 is 5.43 Å². The number of aryl methyl sites for hydroxylation is 3. The van der Waals surface area contributed by atoms with Gasteiger partial charge in [-0.15, -0.1) is 11.3 Å². The molecular formula is C19H16Cl2N6S. The monoisotopic (exact) mass is 430 g/mol. The van der Waals surface area contributed by atoms with Crippen LogP contribution in [0.4, 0.5) is 5.82 Å². The van der Waals surface area contributed by atoms with Crippen molar-refractivity contribution in [2.24, 2.45) is 5.10 Å². The minimum absolute atomic E-state index is 0.437. The van der Waals surface area contributed by atoms with Crippen LogP contribution in [0.15, 0.2) is 35.7 Å². The van der Waals surface area contributed by atoms with Crippen molar-refractivity contribution < 1.29 is 0 Å². The quantitative estimate of drug-likeness (QED) is 0.340.